The number of aliphatic hydroxyl groups excluding tert-OH is 2. The predicted molar refractivity (Wildman–Crippen MR) is 151 cm³/mol. The number of hydrogen-bond donors (Lipinski definition) is 2. The first-order valence-corrected chi connectivity index (χ1v) is 14.4. The first kappa shape index (κ1) is 29.9. The number of hydrogen-bond acceptors (Lipinski definition) is 5. The molecule has 1 heterocycles. The van der Waals surface area contributed by atoms with E-state index < -0.39 is 45.3 Å². The summed E-state index contributed by atoms with van der Waals surface area (Å²) in [6.45, 7) is 0. The second-order valence-electron chi connectivity index (χ2n) is 9.02. The SMILES string of the molecule is O=C(c1ccccc1)C(O)c1cc(F)cc(F)c1.OC(c1cc(F)cc(F)c1)C1(c2ccccc2)SCCCS1. The van der Waals surface area contributed by atoms with Gasteiger partial charge in [-0.2, -0.15) is 0 Å². The van der Waals surface area contributed by atoms with Crippen LogP contribution in [0.2, 0.25) is 0 Å². The van der Waals surface area contributed by atoms with Gasteiger partial charge in [0.2, 0.25) is 0 Å². The zero-order valence-electron chi connectivity index (χ0n) is 21.1. The van der Waals surface area contributed by atoms with Crippen LogP contribution in [0, 0.1) is 23.3 Å². The van der Waals surface area contributed by atoms with E-state index >= 15 is 0 Å². The highest BCUT2D eigenvalue weighted by Crippen LogP contribution is 2.57. The fourth-order valence-electron chi connectivity index (χ4n) is 4.30. The molecule has 9 heteroatoms. The topological polar surface area (TPSA) is 57.5 Å². The molecule has 1 saturated heterocycles. The largest absolute Gasteiger partial charge is 0.386 e. The van der Waals surface area contributed by atoms with E-state index in [0.29, 0.717) is 6.07 Å². The van der Waals surface area contributed by atoms with Crippen LogP contribution in [0.25, 0.3) is 0 Å². The molecule has 5 rings (SSSR count). The molecule has 3 nitrogen and oxygen atoms in total. The normalized spacial score (nSPS) is 15.8. The summed E-state index contributed by atoms with van der Waals surface area (Å²) in [4.78, 5) is 11.9. The Labute approximate surface area is 238 Å². The van der Waals surface area contributed by atoms with Gasteiger partial charge in [-0.25, -0.2) is 17.6 Å². The van der Waals surface area contributed by atoms with Crippen molar-refractivity contribution in [1.82, 2.24) is 0 Å². The maximum Gasteiger partial charge on any atom is 0.195 e. The molecular formula is C31H26F4O3S2. The molecule has 2 unspecified atom stereocenters. The Morgan fingerprint density at radius 3 is 1.62 bits per heavy atom. The summed E-state index contributed by atoms with van der Waals surface area (Å²) in [6.07, 6.45) is -1.48. The van der Waals surface area contributed by atoms with Gasteiger partial charge in [0.1, 0.15) is 39.6 Å². The van der Waals surface area contributed by atoms with Crippen molar-refractivity contribution in [2.45, 2.75) is 22.7 Å². The number of carbonyl (C=O) groups excluding carboxylic acids is 1. The van der Waals surface area contributed by atoms with Crippen LogP contribution in [0.1, 0.15) is 45.7 Å². The molecule has 2 N–H and O–H groups in total. The molecule has 4 aromatic carbocycles. The minimum absolute atomic E-state index is 0.0960. The molecule has 1 aliphatic rings. The molecule has 0 bridgehead atoms. The molecule has 0 aromatic heterocycles. The van der Waals surface area contributed by atoms with Crippen molar-refractivity contribution < 1.29 is 32.6 Å². The fraction of sp³-hybridized carbons (Fsp3) is 0.194. The highest BCUT2D eigenvalue weighted by molar-refractivity contribution is 8.18. The molecule has 0 spiro atoms. The van der Waals surface area contributed by atoms with E-state index in [0.717, 1.165) is 41.7 Å². The maximum atomic E-state index is 13.5. The lowest BCUT2D eigenvalue weighted by molar-refractivity contribution is 0.0746. The van der Waals surface area contributed by atoms with Crippen LogP contribution in [0.4, 0.5) is 17.6 Å². The van der Waals surface area contributed by atoms with E-state index in [-0.39, 0.29) is 16.7 Å². The summed E-state index contributed by atoms with van der Waals surface area (Å²) in [7, 11) is 0. The van der Waals surface area contributed by atoms with Gasteiger partial charge in [0.15, 0.2) is 5.78 Å². The minimum Gasteiger partial charge on any atom is -0.386 e. The Hall–Kier alpha value is -3.11. The summed E-state index contributed by atoms with van der Waals surface area (Å²) in [6, 6.07) is 23.6. The van der Waals surface area contributed by atoms with Gasteiger partial charge in [-0.3, -0.25) is 4.79 Å². The summed E-state index contributed by atoms with van der Waals surface area (Å²) >= 11 is 3.29. The van der Waals surface area contributed by atoms with E-state index in [1.165, 1.54) is 24.3 Å². The van der Waals surface area contributed by atoms with Crippen LogP contribution in [0.5, 0.6) is 0 Å². The van der Waals surface area contributed by atoms with Gasteiger partial charge in [-0.15, -0.1) is 23.5 Å². The van der Waals surface area contributed by atoms with E-state index in [1.54, 1.807) is 41.7 Å². The van der Waals surface area contributed by atoms with Crippen LogP contribution < -0.4 is 0 Å². The number of halogens is 4. The number of carbonyl (C=O) groups is 1. The lowest BCUT2D eigenvalue weighted by atomic mass is 10.00. The smallest absolute Gasteiger partial charge is 0.195 e. The number of benzene rings is 4. The Balaban J connectivity index is 0.000000189. The number of thioether (sulfide) groups is 2. The van der Waals surface area contributed by atoms with Crippen LogP contribution in [0.15, 0.2) is 97.1 Å². The first-order valence-electron chi connectivity index (χ1n) is 12.4. The van der Waals surface area contributed by atoms with Gasteiger partial charge >= 0.3 is 0 Å². The Morgan fingerprint density at radius 2 is 1.12 bits per heavy atom. The number of aliphatic hydroxyl groups is 2. The second-order valence-corrected chi connectivity index (χ2v) is 12.0. The van der Waals surface area contributed by atoms with Crippen molar-refractivity contribution in [3.8, 4) is 0 Å². The molecule has 0 saturated carbocycles. The third kappa shape index (κ3) is 7.14. The third-order valence-corrected chi connectivity index (χ3v) is 9.63. The first-order chi connectivity index (χ1) is 19.2. The summed E-state index contributed by atoms with van der Waals surface area (Å²) in [5, 5.41) is 20.7. The van der Waals surface area contributed by atoms with Crippen molar-refractivity contribution in [3.05, 3.63) is 143 Å². The van der Waals surface area contributed by atoms with Crippen molar-refractivity contribution in [3.63, 3.8) is 0 Å². The van der Waals surface area contributed by atoms with Crippen molar-refractivity contribution in [2.75, 3.05) is 11.5 Å². The van der Waals surface area contributed by atoms with E-state index in [2.05, 4.69) is 0 Å². The number of ketones is 1. The lowest BCUT2D eigenvalue weighted by Gasteiger charge is -2.40. The standard InChI is InChI=1S/C17H16F2OS2.C14H10F2O2/c18-14-9-12(10-15(19)11-14)16(20)17(21-7-4-8-22-17)13-5-2-1-3-6-13;15-11-6-10(7-12(16)8-11)14(18)13(17)9-4-2-1-3-5-9/h1-3,5-6,9-11,16,20H,4,7-8H2;1-8,14,18H. The fourth-order valence-corrected chi connectivity index (χ4v) is 7.69. The molecule has 1 fully saturated rings. The Morgan fingerprint density at radius 1 is 0.675 bits per heavy atom. The van der Waals surface area contributed by atoms with Crippen molar-refractivity contribution >= 4 is 29.3 Å². The molecule has 2 atom stereocenters. The van der Waals surface area contributed by atoms with Gasteiger partial charge < -0.3 is 10.2 Å². The van der Waals surface area contributed by atoms with E-state index in [1.807, 2.05) is 30.3 Å². The summed E-state index contributed by atoms with van der Waals surface area (Å²) in [5.41, 5.74) is 1.45. The monoisotopic (exact) mass is 586 g/mol. The number of rotatable bonds is 6. The lowest BCUT2D eigenvalue weighted by Crippen LogP contribution is -2.30. The van der Waals surface area contributed by atoms with Crippen LogP contribution in [-0.4, -0.2) is 27.5 Å². The Kier molecular flexibility index (Phi) is 10.1. The van der Waals surface area contributed by atoms with Gasteiger partial charge in [0.25, 0.3) is 0 Å². The highest BCUT2D eigenvalue weighted by Gasteiger charge is 2.43. The van der Waals surface area contributed by atoms with E-state index in [4.69, 9.17) is 0 Å². The van der Waals surface area contributed by atoms with Gasteiger partial charge in [0, 0.05) is 17.7 Å². The molecule has 4 aromatic rings. The van der Waals surface area contributed by atoms with E-state index in [9.17, 15) is 32.6 Å². The maximum absolute atomic E-state index is 13.5. The van der Waals surface area contributed by atoms with Gasteiger partial charge in [-0.05, 0) is 58.9 Å². The van der Waals surface area contributed by atoms with Crippen LogP contribution in [0.3, 0.4) is 0 Å². The number of Topliss-reactive ketones (excluding diaryl/α,β-unsaturated/α-hetero) is 1. The average molecular weight is 587 g/mol. The molecule has 208 valence electrons. The average Bonchev–Trinajstić information content (AvgIpc) is 2.96. The molecule has 0 aliphatic carbocycles. The minimum atomic E-state index is -1.57. The predicted octanol–water partition coefficient (Wildman–Crippen LogP) is 7.60. The Bertz CT molecular complexity index is 1390. The molecule has 0 amide bonds. The molecular weight excluding hydrogens is 560 g/mol. The molecule has 1 aliphatic heterocycles. The second kappa shape index (κ2) is 13.5. The quantitative estimate of drug-likeness (QED) is 0.180. The zero-order chi connectivity index (χ0) is 28.7. The molecule has 40 heavy (non-hydrogen) atoms. The van der Waals surface area contributed by atoms with Crippen LogP contribution in [-0.2, 0) is 4.08 Å². The van der Waals surface area contributed by atoms with Gasteiger partial charge in [0.05, 0.1) is 0 Å². The van der Waals surface area contributed by atoms with Crippen molar-refractivity contribution in [1.29, 1.82) is 0 Å². The highest BCUT2D eigenvalue weighted by atomic mass is 32.2. The summed E-state index contributed by atoms with van der Waals surface area (Å²) in [5.74, 6) is -1.75. The van der Waals surface area contributed by atoms with Crippen LogP contribution >= 0.6 is 23.5 Å². The van der Waals surface area contributed by atoms with Gasteiger partial charge in [-0.1, -0.05) is 60.7 Å². The zero-order valence-corrected chi connectivity index (χ0v) is 22.8. The molecule has 0 radical (unpaired) electrons. The van der Waals surface area contributed by atoms with Crippen molar-refractivity contribution in [2.24, 2.45) is 0 Å². The summed E-state index contributed by atoms with van der Waals surface area (Å²) < 4.78 is 52.4. The third-order valence-electron chi connectivity index (χ3n) is 6.17.